The maximum Gasteiger partial charge on any atom is 0.123 e. The SMILES string of the molecule is COc1cccc(C(CN)C(O)c2cc(C)cc(F)c2)c1. The van der Waals surface area contributed by atoms with Crippen molar-refractivity contribution in [3.05, 3.63) is 65.0 Å². The van der Waals surface area contributed by atoms with Crippen LogP contribution in [0.1, 0.15) is 28.7 Å². The molecule has 0 saturated heterocycles. The van der Waals surface area contributed by atoms with Gasteiger partial charge in [-0.25, -0.2) is 4.39 Å². The van der Waals surface area contributed by atoms with Crippen molar-refractivity contribution in [1.29, 1.82) is 0 Å². The predicted octanol–water partition coefficient (Wildman–Crippen LogP) is 2.92. The van der Waals surface area contributed by atoms with E-state index in [4.69, 9.17) is 10.5 Å². The molecule has 0 amide bonds. The predicted molar refractivity (Wildman–Crippen MR) is 80.9 cm³/mol. The highest BCUT2D eigenvalue weighted by Crippen LogP contribution is 2.32. The number of nitrogens with two attached hydrogens (primary N) is 1. The molecule has 2 unspecified atom stereocenters. The average molecular weight is 289 g/mol. The van der Waals surface area contributed by atoms with Gasteiger partial charge in [-0.1, -0.05) is 18.2 Å². The number of aliphatic hydroxyl groups excluding tert-OH is 1. The third-order valence-electron chi connectivity index (χ3n) is 3.56. The van der Waals surface area contributed by atoms with Crippen LogP contribution in [0.2, 0.25) is 0 Å². The lowest BCUT2D eigenvalue weighted by Gasteiger charge is -2.23. The molecule has 0 aliphatic rings. The van der Waals surface area contributed by atoms with Gasteiger partial charge in [0.25, 0.3) is 0 Å². The van der Waals surface area contributed by atoms with Crippen LogP contribution in [-0.2, 0) is 0 Å². The van der Waals surface area contributed by atoms with Crippen LogP contribution in [0.4, 0.5) is 4.39 Å². The van der Waals surface area contributed by atoms with Crippen molar-refractivity contribution in [1.82, 2.24) is 0 Å². The lowest BCUT2D eigenvalue weighted by atomic mass is 9.88. The zero-order chi connectivity index (χ0) is 15.4. The Morgan fingerprint density at radius 3 is 2.57 bits per heavy atom. The van der Waals surface area contributed by atoms with Gasteiger partial charge in [0.2, 0.25) is 0 Å². The molecule has 2 rings (SSSR count). The first-order valence-electron chi connectivity index (χ1n) is 6.84. The molecule has 0 fully saturated rings. The van der Waals surface area contributed by atoms with Gasteiger partial charge in [-0.05, 0) is 47.9 Å². The Morgan fingerprint density at radius 1 is 1.19 bits per heavy atom. The molecule has 0 radical (unpaired) electrons. The lowest BCUT2D eigenvalue weighted by molar-refractivity contribution is 0.147. The summed E-state index contributed by atoms with van der Waals surface area (Å²) >= 11 is 0. The monoisotopic (exact) mass is 289 g/mol. The molecular weight excluding hydrogens is 269 g/mol. The van der Waals surface area contributed by atoms with Crippen LogP contribution in [0, 0.1) is 12.7 Å². The number of hydrogen-bond acceptors (Lipinski definition) is 3. The minimum absolute atomic E-state index is 0.254. The highest BCUT2D eigenvalue weighted by atomic mass is 19.1. The number of methoxy groups -OCH3 is 1. The zero-order valence-corrected chi connectivity index (χ0v) is 12.2. The van der Waals surface area contributed by atoms with Crippen molar-refractivity contribution in [3.8, 4) is 5.75 Å². The van der Waals surface area contributed by atoms with Crippen molar-refractivity contribution in [2.45, 2.75) is 18.9 Å². The Bertz CT molecular complexity index is 595. The number of aliphatic hydroxyl groups is 1. The summed E-state index contributed by atoms with van der Waals surface area (Å²) in [6.45, 7) is 2.05. The van der Waals surface area contributed by atoms with E-state index >= 15 is 0 Å². The summed E-state index contributed by atoms with van der Waals surface area (Å²) in [6.07, 6.45) is -0.864. The molecular formula is C17H20FNO2. The molecule has 0 bridgehead atoms. The molecule has 21 heavy (non-hydrogen) atoms. The fraction of sp³-hybridized carbons (Fsp3) is 0.294. The van der Waals surface area contributed by atoms with E-state index in [9.17, 15) is 9.50 Å². The number of rotatable bonds is 5. The van der Waals surface area contributed by atoms with Gasteiger partial charge in [0, 0.05) is 12.5 Å². The quantitative estimate of drug-likeness (QED) is 0.890. The fourth-order valence-corrected chi connectivity index (χ4v) is 2.49. The Kier molecular flexibility index (Phi) is 4.94. The average Bonchev–Trinajstić information content (AvgIpc) is 2.47. The van der Waals surface area contributed by atoms with Crippen LogP contribution in [0.3, 0.4) is 0 Å². The Morgan fingerprint density at radius 2 is 1.95 bits per heavy atom. The number of hydrogen-bond donors (Lipinski definition) is 2. The second-order valence-electron chi connectivity index (χ2n) is 5.13. The summed E-state index contributed by atoms with van der Waals surface area (Å²) in [6, 6.07) is 12.0. The second-order valence-corrected chi connectivity index (χ2v) is 5.13. The van der Waals surface area contributed by atoms with Gasteiger partial charge in [0.05, 0.1) is 13.2 Å². The highest BCUT2D eigenvalue weighted by molar-refractivity contribution is 5.34. The molecule has 0 aliphatic carbocycles. The summed E-state index contributed by atoms with van der Waals surface area (Å²) < 4.78 is 18.7. The van der Waals surface area contributed by atoms with Crippen molar-refractivity contribution in [3.63, 3.8) is 0 Å². The Hall–Kier alpha value is -1.91. The van der Waals surface area contributed by atoms with Crippen molar-refractivity contribution in [2.75, 3.05) is 13.7 Å². The molecule has 112 valence electrons. The van der Waals surface area contributed by atoms with Gasteiger partial charge in [0.1, 0.15) is 11.6 Å². The smallest absolute Gasteiger partial charge is 0.123 e. The van der Waals surface area contributed by atoms with E-state index in [1.165, 1.54) is 12.1 Å². The molecule has 0 aliphatic heterocycles. The zero-order valence-electron chi connectivity index (χ0n) is 12.2. The Balaban J connectivity index is 2.35. The van der Waals surface area contributed by atoms with Crippen LogP contribution in [0.25, 0.3) is 0 Å². The lowest BCUT2D eigenvalue weighted by Crippen LogP contribution is -2.20. The molecule has 4 heteroatoms. The molecule has 0 aromatic heterocycles. The first-order valence-corrected chi connectivity index (χ1v) is 6.84. The molecule has 0 spiro atoms. The van der Waals surface area contributed by atoms with Crippen LogP contribution in [0.5, 0.6) is 5.75 Å². The molecule has 2 aromatic rings. The van der Waals surface area contributed by atoms with Crippen LogP contribution >= 0.6 is 0 Å². The summed E-state index contributed by atoms with van der Waals surface area (Å²) in [5.41, 5.74) is 7.99. The fourth-order valence-electron chi connectivity index (χ4n) is 2.49. The third kappa shape index (κ3) is 3.60. The van der Waals surface area contributed by atoms with Crippen molar-refractivity contribution < 1.29 is 14.2 Å². The van der Waals surface area contributed by atoms with Crippen LogP contribution in [0.15, 0.2) is 42.5 Å². The van der Waals surface area contributed by atoms with Gasteiger partial charge in [-0.3, -0.25) is 0 Å². The van der Waals surface area contributed by atoms with Crippen LogP contribution < -0.4 is 10.5 Å². The van der Waals surface area contributed by atoms with E-state index in [0.717, 1.165) is 11.1 Å². The second kappa shape index (κ2) is 6.70. The summed E-state index contributed by atoms with van der Waals surface area (Å²) in [5, 5.41) is 10.6. The van der Waals surface area contributed by atoms with Gasteiger partial charge in [-0.15, -0.1) is 0 Å². The maximum absolute atomic E-state index is 13.5. The number of halogens is 1. The minimum Gasteiger partial charge on any atom is -0.497 e. The van der Waals surface area contributed by atoms with Gasteiger partial charge in [0.15, 0.2) is 0 Å². The van der Waals surface area contributed by atoms with E-state index in [1.807, 2.05) is 24.3 Å². The normalized spacial score (nSPS) is 13.8. The Labute approximate surface area is 124 Å². The van der Waals surface area contributed by atoms with E-state index in [-0.39, 0.29) is 18.3 Å². The number of benzene rings is 2. The van der Waals surface area contributed by atoms with E-state index in [1.54, 1.807) is 20.1 Å². The topological polar surface area (TPSA) is 55.5 Å². The highest BCUT2D eigenvalue weighted by Gasteiger charge is 2.22. The molecule has 3 nitrogen and oxygen atoms in total. The molecule has 3 N–H and O–H groups in total. The molecule has 2 aromatic carbocycles. The molecule has 0 heterocycles. The van der Waals surface area contributed by atoms with E-state index in [2.05, 4.69) is 0 Å². The molecule has 2 atom stereocenters. The van der Waals surface area contributed by atoms with E-state index in [0.29, 0.717) is 11.3 Å². The summed E-state index contributed by atoms with van der Waals surface area (Å²) in [4.78, 5) is 0. The van der Waals surface area contributed by atoms with Gasteiger partial charge >= 0.3 is 0 Å². The first kappa shape index (κ1) is 15.5. The number of ether oxygens (including phenoxy) is 1. The van der Waals surface area contributed by atoms with Crippen molar-refractivity contribution >= 4 is 0 Å². The van der Waals surface area contributed by atoms with Crippen molar-refractivity contribution in [2.24, 2.45) is 5.73 Å². The standard InChI is InChI=1S/C17H20FNO2/c1-11-6-13(8-14(18)7-11)17(20)16(10-19)12-4-3-5-15(9-12)21-2/h3-9,16-17,20H,10,19H2,1-2H3. The van der Waals surface area contributed by atoms with Gasteiger partial charge < -0.3 is 15.6 Å². The largest absolute Gasteiger partial charge is 0.497 e. The third-order valence-corrected chi connectivity index (χ3v) is 3.56. The van der Waals surface area contributed by atoms with Gasteiger partial charge in [-0.2, -0.15) is 0 Å². The van der Waals surface area contributed by atoms with E-state index < -0.39 is 6.10 Å². The number of aryl methyl sites for hydroxylation is 1. The summed E-state index contributed by atoms with van der Waals surface area (Å²) in [5.74, 6) is 0.0281. The minimum atomic E-state index is -0.864. The summed E-state index contributed by atoms with van der Waals surface area (Å²) in [7, 11) is 1.59. The van der Waals surface area contributed by atoms with Crippen LogP contribution in [-0.4, -0.2) is 18.8 Å². The first-order chi connectivity index (χ1) is 10.0. The molecule has 0 saturated carbocycles. The maximum atomic E-state index is 13.5.